The number of anilines is 1. The highest BCUT2D eigenvalue weighted by atomic mass is 31.2. The fourth-order valence-corrected chi connectivity index (χ4v) is 7.28. The van der Waals surface area contributed by atoms with Gasteiger partial charge in [0, 0.05) is 5.69 Å². The first-order valence-corrected chi connectivity index (χ1v) is 18.5. The van der Waals surface area contributed by atoms with Gasteiger partial charge in [0.2, 0.25) is 5.75 Å². The molecule has 0 amide bonds. The van der Waals surface area contributed by atoms with E-state index < -0.39 is 19.3 Å². The van der Waals surface area contributed by atoms with Gasteiger partial charge in [-0.1, -0.05) is 60.2 Å². The number of aryl methyl sites for hydroxylation is 1. The Labute approximate surface area is 306 Å². The molecule has 278 valence electrons. The normalized spacial score (nSPS) is 11.9. The van der Waals surface area contributed by atoms with Gasteiger partial charge in [-0.3, -0.25) is 9.36 Å². The van der Waals surface area contributed by atoms with Crippen molar-refractivity contribution in [3.05, 3.63) is 107 Å². The Morgan fingerprint density at radius 1 is 0.712 bits per heavy atom. The van der Waals surface area contributed by atoms with Gasteiger partial charge in [0.1, 0.15) is 13.2 Å². The molecule has 0 heterocycles. The molecular formula is C40H48NO10P. The minimum Gasteiger partial charge on any atom is -0.493 e. The van der Waals surface area contributed by atoms with Gasteiger partial charge in [-0.2, -0.15) is 0 Å². The second-order valence-electron chi connectivity index (χ2n) is 11.5. The zero-order chi connectivity index (χ0) is 37.5. The Hall–Kier alpha value is -4.96. The third kappa shape index (κ3) is 10.8. The molecule has 0 saturated carbocycles. The van der Waals surface area contributed by atoms with Crippen molar-refractivity contribution in [3.63, 3.8) is 0 Å². The van der Waals surface area contributed by atoms with Crippen LogP contribution in [0.4, 0.5) is 5.69 Å². The molecule has 0 aliphatic carbocycles. The number of carbonyl (C=O) groups is 1. The number of carbonyl (C=O) groups excluding carboxylic acids is 1. The molecule has 0 aromatic heterocycles. The molecule has 12 heteroatoms. The molecule has 0 bridgehead atoms. The van der Waals surface area contributed by atoms with Gasteiger partial charge in [-0.25, -0.2) is 0 Å². The minimum absolute atomic E-state index is 0.0511. The van der Waals surface area contributed by atoms with Crippen molar-refractivity contribution < 1.29 is 46.8 Å². The van der Waals surface area contributed by atoms with Crippen LogP contribution in [0, 0.1) is 6.92 Å². The summed E-state index contributed by atoms with van der Waals surface area (Å²) in [4.78, 5) is 12.7. The van der Waals surface area contributed by atoms with Crippen LogP contribution in [0.25, 0.3) is 12.2 Å². The van der Waals surface area contributed by atoms with Crippen LogP contribution in [-0.4, -0.2) is 60.8 Å². The van der Waals surface area contributed by atoms with E-state index in [1.165, 1.54) is 0 Å². The van der Waals surface area contributed by atoms with Crippen LogP contribution in [0.15, 0.2) is 78.9 Å². The molecule has 11 nitrogen and oxygen atoms in total. The van der Waals surface area contributed by atoms with Crippen LogP contribution >= 0.6 is 7.60 Å². The molecule has 1 unspecified atom stereocenters. The maximum absolute atomic E-state index is 13.8. The number of benzene rings is 4. The van der Waals surface area contributed by atoms with Gasteiger partial charge in [0.25, 0.3) is 0 Å². The van der Waals surface area contributed by atoms with Gasteiger partial charge in [-0.15, -0.1) is 0 Å². The molecule has 0 aliphatic heterocycles. The highest BCUT2D eigenvalue weighted by Crippen LogP contribution is 2.60. The lowest BCUT2D eigenvalue weighted by atomic mass is 10.1. The first kappa shape index (κ1) is 39.8. The summed E-state index contributed by atoms with van der Waals surface area (Å²) in [6.07, 6.45) is 3.92. The molecule has 4 aromatic rings. The molecule has 0 saturated heterocycles. The lowest BCUT2D eigenvalue weighted by molar-refractivity contribution is -0.143. The lowest BCUT2D eigenvalue weighted by Gasteiger charge is -2.28. The Morgan fingerprint density at radius 2 is 1.31 bits per heavy atom. The molecule has 0 radical (unpaired) electrons. The Morgan fingerprint density at radius 3 is 1.88 bits per heavy atom. The molecule has 4 aromatic carbocycles. The molecule has 0 spiro atoms. The average Bonchev–Trinajstić information content (AvgIpc) is 3.15. The minimum atomic E-state index is -3.56. The molecular weight excluding hydrogens is 685 g/mol. The smallest absolute Gasteiger partial charge is 0.357 e. The number of ether oxygens (including phenoxy) is 6. The van der Waals surface area contributed by atoms with E-state index in [1.807, 2.05) is 97.9 Å². The fourth-order valence-electron chi connectivity index (χ4n) is 5.34. The molecule has 0 aliphatic rings. The fraction of sp³-hybridized carbons (Fsp3) is 0.325. The second-order valence-corrected chi connectivity index (χ2v) is 13.6. The number of hydrogen-bond donors (Lipinski definition) is 1. The van der Waals surface area contributed by atoms with Crippen molar-refractivity contribution in [1.82, 2.24) is 0 Å². The number of methoxy groups -OCH3 is 4. The maximum Gasteiger partial charge on any atom is 0.357 e. The zero-order valence-electron chi connectivity index (χ0n) is 30.8. The quantitative estimate of drug-likeness (QED) is 0.0406. The van der Waals surface area contributed by atoms with Crippen LogP contribution in [0.1, 0.15) is 47.4 Å². The topological polar surface area (TPSA) is 120 Å². The largest absolute Gasteiger partial charge is 0.493 e. The summed E-state index contributed by atoms with van der Waals surface area (Å²) in [5.74, 6) is 1.57. The first-order chi connectivity index (χ1) is 25.2. The monoisotopic (exact) mass is 733 g/mol. The number of rotatable bonds is 20. The summed E-state index contributed by atoms with van der Waals surface area (Å²) >= 11 is 0. The zero-order valence-corrected chi connectivity index (χ0v) is 31.7. The van der Waals surface area contributed by atoms with E-state index in [0.717, 1.165) is 27.8 Å². The summed E-state index contributed by atoms with van der Waals surface area (Å²) < 4.78 is 58.4. The van der Waals surface area contributed by atoms with Crippen molar-refractivity contribution in [2.75, 3.05) is 60.2 Å². The van der Waals surface area contributed by atoms with E-state index in [1.54, 1.807) is 42.3 Å². The van der Waals surface area contributed by atoms with E-state index in [0.29, 0.717) is 34.4 Å². The van der Waals surface area contributed by atoms with Crippen molar-refractivity contribution in [1.29, 1.82) is 0 Å². The van der Waals surface area contributed by atoms with Gasteiger partial charge in [-0.05, 0) is 79.4 Å². The van der Waals surface area contributed by atoms with Crippen molar-refractivity contribution in [3.8, 4) is 28.7 Å². The van der Waals surface area contributed by atoms with Gasteiger partial charge in [0.05, 0.1) is 48.1 Å². The summed E-state index contributed by atoms with van der Waals surface area (Å²) in [6.45, 7) is 6.22. The highest BCUT2D eigenvalue weighted by molar-refractivity contribution is 7.54. The van der Waals surface area contributed by atoms with Gasteiger partial charge in [0.15, 0.2) is 28.8 Å². The number of hydrogen-bond acceptors (Lipinski definition) is 11. The Balaban J connectivity index is 1.33. The number of nitrogens with one attached hydrogen (secondary N) is 1. The van der Waals surface area contributed by atoms with Gasteiger partial charge >= 0.3 is 13.6 Å². The van der Waals surface area contributed by atoms with Crippen molar-refractivity contribution in [2.24, 2.45) is 0 Å². The predicted molar refractivity (Wildman–Crippen MR) is 203 cm³/mol. The van der Waals surface area contributed by atoms with Crippen molar-refractivity contribution >= 4 is 31.4 Å². The van der Waals surface area contributed by atoms with Crippen LogP contribution in [0.5, 0.6) is 28.7 Å². The highest BCUT2D eigenvalue weighted by Gasteiger charge is 2.37. The van der Waals surface area contributed by atoms with E-state index in [2.05, 4.69) is 5.32 Å². The SMILES string of the molecule is CCOP(=O)(OCC)C(Nc1ccc(CC(=O)OCCOc2cc(/C=C\c3cc(OC)c(OC)c(OC)c3)ccc2OC)cc1)c1ccc(C)cc1. The van der Waals surface area contributed by atoms with Crippen LogP contribution in [0.2, 0.25) is 0 Å². The average molecular weight is 734 g/mol. The summed E-state index contributed by atoms with van der Waals surface area (Å²) in [5, 5.41) is 3.33. The number of esters is 1. The van der Waals surface area contributed by atoms with Crippen LogP contribution in [0.3, 0.4) is 0 Å². The van der Waals surface area contributed by atoms with E-state index in [9.17, 15) is 9.36 Å². The lowest BCUT2D eigenvalue weighted by Crippen LogP contribution is -2.16. The first-order valence-electron chi connectivity index (χ1n) is 16.9. The summed E-state index contributed by atoms with van der Waals surface area (Å²) in [5.41, 5.74) is 5.04. The molecule has 4 rings (SSSR count). The summed E-state index contributed by atoms with van der Waals surface area (Å²) in [7, 11) is 2.71. The maximum atomic E-state index is 13.8. The molecule has 1 N–H and O–H groups in total. The second kappa shape index (κ2) is 19.6. The molecule has 1 atom stereocenters. The third-order valence-corrected chi connectivity index (χ3v) is 10.2. The van der Waals surface area contributed by atoms with Crippen LogP contribution < -0.4 is 29.0 Å². The van der Waals surface area contributed by atoms with Gasteiger partial charge < -0.3 is 42.8 Å². The molecule has 0 fully saturated rings. The molecule has 52 heavy (non-hydrogen) atoms. The predicted octanol–water partition coefficient (Wildman–Crippen LogP) is 8.74. The third-order valence-electron chi connectivity index (χ3n) is 7.88. The van der Waals surface area contributed by atoms with Crippen LogP contribution in [-0.2, 0) is 29.6 Å². The van der Waals surface area contributed by atoms with Crippen molar-refractivity contribution in [2.45, 2.75) is 33.0 Å². The van der Waals surface area contributed by atoms with E-state index in [-0.39, 0.29) is 32.8 Å². The standard InChI is InChI=1S/C40H48NO10P/c1-8-50-52(43,51-9-2)40(32-17-10-28(3)11-18-32)41-33-19-14-30(15-20-33)27-38(42)49-23-22-48-35-24-29(16-21-34(35)44-4)12-13-31-25-36(45-5)39(47-7)37(26-31)46-6/h10-21,24-26,40-41H,8-9,22-23,27H2,1-7H3/b13-12-. The summed E-state index contributed by atoms with van der Waals surface area (Å²) in [6, 6.07) is 24.3. The van der Waals surface area contributed by atoms with E-state index >= 15 is 0 Å². The Kier molecular flexibility index (Phi) is 15.0. The Bertz CT molecular complexity index is 1790. The van der Waals surface area contributed by atoms with E-state index in [4.69, 9.17) is 37.5 Å².